The van der Waals surface area contributed by atoms with E-state index < -0.39 is 38.6 Å². The molecule has 0 bridgehead atoms. The molecule has 2 atom stereocenters. The number of nitrogens with one attached hydrogen (secondary N) is 1. The Hall–Kier alpha value is -3.61. The summed E-state index contributed by atoms with van der Waals surface area (Å²) >= 11 is 6.88. The van der Waals surface area contributed by atoms with Gasteiger partial charge in [-0.1, -0.05) is 42.0 Å². The van der Waals surface area contributed by atoms with Crippen LogP contribution in [-0.2, 0) is 14.8 Å². The SMILES string of the molecule is Cc1ccc(S(=O)(=O)N(C)C(=O)[C@H](c2ccc(F)cc2)[C@H](Nc2ccc(Br)c(Br)c2)c2ccc([N+](=O)[O-])cc2)cc1. The molecule has 12 heteroatoms. The van der Waals surface area contributed by atoms with E-state index in [1.54, 1.807) is 30.3 Å². The molecule has 1 amide bonds. The largest absolute Gasteiger partial charge is 0.377 e. The molecule has 41 heavy (non-hydrogen) atoms. The van der Waals surface area contributed by atoms with Crippen molar-refractivity contribution in [1.82, 2.24) is 4.31 Å². The van der Waals surface area contributed by atoms with Gasteiger partial charge in [-0.2, -0.15) is 0 Å². The van der Waals surface area contributed by atoms with Gasteiger partial charge in [0.25, 0.3) is 15.7 Å². The van der Waals surface area contributed by atoms with Crippen LogP contribution in [0.5, 0.6) is 0 Å². The van der Waals surface area contributed by atoms with Crippen LogP contribution >= 0.6 is 31.9 Å². The highest BCUT2D eigenvalue weighted by molar-refractivity contribution is 9.13. The summed E-state index contributed by atoms with van der Waals surface area (Å²) in [6.07, 6.45) is 0. The third-order valence-corrected chi connectivity index (χ3v) is 10.2. The third-order valence-electron chi connectivity index (χ3n) is 6.52. The number of sulfonamides is 1. The molecule has 1 N–H and O–H groups in total. The predicted molar refractivity (Wildman–Crippen MR) is 162 cm³/mol. The predicted octanol–water partition coefficient (Wildman–Crippen LogP) is 7.35. The maximum absolute atomic E-state index is 14.2. The van der Waals surface area contributed by atoms with Gasteiger partial charge in [0.2, 0.25) is 5.91 Å². The molecule has 0 unspecified atom stereocenters. The fourth-order valence-electron chi connectivity index (χ4n) is 4.26. The number of halogens is 3. The number of carbonyl (C=O) groups excluding carboxylic acids is 1. The van der Waals surface area contributed by atoms with Crippen molar-refractivity contribution in [2.75, 3.05) is 12.4 Å². The molecule has 0 fully saturated rings. The molecule has 212 valence electrons. The Kier molecular flexibility index (Phi) is 9.25. The Morgan fingerprint density at radius 2 is 1.49 bits per heavy atom. The maximum Gasteiger partial charge on any atom is 0.269 e. The van der Waals surface area contributed by atoms with Gasteiger partial charge in [-0.25, -0.2) is 17.1 Å². The fraction of sp³-hybridized carbons (Fsp3) is 0.138. The molecule has 0 heterocycles. The molecule has 0 spiro atoms. The Morgan fingerprint density at radius 3 is 2.05 bits per heavy atom. The highest BCUT2D eigenvalue weighted by atomic mass is 79.9. The van der Waals surface area contributed by atoms with Crippen molar-refractivity contribution in [2.24, 2.45) is 0 Å². The van der Waals surface area contributed by atoms with Crippen LogP contribution in [0.3, 0.4) is 0 Å². The summed E-state index contributed by atoms with van der Waals surface area (Å²) in [5, 5.41) is 14.6. The molecular formula is C29H24Br2FN3O5S. The second-order valence-electron chi connectivity index (χ2n) is 9.25. The smallest absolute Gasteiger partial charge is 0.269 e. The number of nitrogens with zero attached hydrogens (tertiary/aromatic N) is 2. The lowest BCUT2D eigenvalue weighted by Crippen LogP contribution is -2.40. The lowest BCUT2D eigenvalue weighted by molar-refractivity contribution is -0.384. The van der Waals surface area contributed by atoms with E-state index in [0.29, 0.717) is 25.6 Å². The minimum Gasteiger partial charge on any atom is -0.377 e. The number of nitro benzene ring substituents is 1. The van der Waals surface area contributed by atoms with Crippen LogP contribution in [0.4, 0.5) is 15.8 Å². The standard InChI is InChI=1S/C29H24Br2FN3O5S/c1-18-3-14-24(15-4-18)41(39,40)34(2)29(36)27(19-5-9-21(32)10-6-19)28(20-7-12-23(13-8-20)35(37)38)33-22-11-16-25(30)26(31)17-22/h3-17,27-28,33H,1-2H3/t27-,28-/m1/s1. The number of likely N-dealkylation sites (N-methyl/N-ethyl adjacent to an activating group) is 1. The first-order chi connectivity index (χ1) is 19.4. The van der Waals surface area contributed by atoms with Crippen LogP contribution in [0.1, 0.15) is 28.7 Å². The Balaban J connectivity index is 1.87. The van der Waals surface area contributed by atoms with E-state index in [1.807, 2.05) is 6.92 Å². The van der Waals surface area contributed by atoms with Crippen molar-refractivity contribution in [1.29, 1.82) is 0 Å². The Morgan fingerprint density at radius 1 is 0.902 bits per heavy atom. The van der Waals surface area contributed by atoms with Gasteiger partial charge >= 0.3 is 0 Å². The molecule has 4 aromatic carbocycles. The van der Waals surface area contributed by atoms with Crippen LogP contribution in [0.15, 0.2) is 105 Å². The Bertz CT molecular complexity index is 1680. The number of non-ortho nitro benzene ring substituents is 1. The number of hydrogen-bond donors (Lipinski definition) is 1. The number of amides is 1. The number of hydrogen-bond acceptors (Lipinski definition) is 6. The average molecular weight is 705 g/mol. The molecule has 4 rings (SSSR count). The molecule has 0 aliphatic heterocycles. The molecule has 8 nitrogen and oxygen atoms in total. The zero-order valence-corrected chi connectivity index (χ0v) is 25.8. The second-order valence-corrected chi connectivity index (χ2v) is 12.9. The highest BCUT2D eigenvalue weighted by Gasteiger charge is 2.38. The topological polar surface area (TPSA) is 110 Å². The number of benzene rings is 4. The number of carbonyl (C=O) groups is 1. The van der Waals surface area contributed by atoms with Gasteiger partial charge in [-0.15, -0.1) is 0 Å². The fourth-order valence-corrected chi connectivity index (χ4v) is 6.03. The zero-order chi connectivity index (χ0) is 29.9. The van der Waals surface area contributed by atoms with Gasteiger partial charge < -0.3 is 5.32 Å². The van der Waals surface area contributed by atoms with Crippen molar-refractivity contribution < 1.29 is 22.5 Å². The molecule has 0 aliphatic carbocycles. The summed E-state index contributed by atoms with van der Waals surface area (Å²) in [6.45, 7) is 1.82. The van der Waals surface area contributed by atoms with Gasteiger partial charge in [0.1, 0.15) is 5.82 Å². The maximum atomic E-state index is 14.2. The number of anilines is 1. The van der Waals surface area contributed by atoms with E-state index >= 15 is 0 Å². The zero-order valence-electron chi connectivity index (χ0n) is 21.8. The van der Waals surface area contributed by atoms with Crippen molar-refractivity contribution in [3.63, 3.8) is 0 Å². The third kappa shape index (κ3) is 6.83. The molecule has 0 saturated heterocycles. The first-order valence-corrected chi connectivity index (χ1v) is 15.2. The quantitative estimate of drug-likeness (QED) is 0.144. The minimum atomic E-state index is -4.26. The van der Waals surface area contributed by atoms with E-state index in [1.165, 1.54) is 67.7 Å². The molecule has 0 saturated carbocycles. The van der Waals surface area contributed by atoms with E-state index in [-0.39, 0.29) is 10.6 Å². The number of rotatable bonds is 9. The van der Waals surface area contributed by atoms with E-state index in [4.69, 9.17) is 0 Å². The van der Waals surface area contributed by atoms with Gasteiger partial charge in [0, 0.05) is 33.8 Å². The van der Waals surface area contributed by atoms with Crippen molar-refractivity contribution >= 4 is 59.2 Å². The monoisotopic (exact) mass is 703 g/mol. The van der Waals surface area contributed by atoms with Gasteiger partial charge in [0.05, 0.1) is 21.8 Å². The molecule has 0 aromatic heterocycles. The summed E-state index contributed by atoms with van der Waals surface area (Å²) in [6, 6.07) is 21.3. The summed E-state index contributed by atoms with van der Waals surface area (Å²) < 4.78 is 43.2. The van der Waals surface area contributed by atoms with Crippen LogP contribution < -0.4 is 5.32 Å². The number of nitro groups is 1. The summed E-state index contributed by atoms with van der Waals surface area (Å²) in [5.41, 5.74) is 2.09. The average Bonchev–Trinajstić information content (AvgIpc) is 2.95. The lowest BCUT2D eigenvalue weighted by atomic mass is 9.85. The highest BCUT2D eigenvalue weighted by Crippen LogP contribution is 2.38. The first-order valence-electron chi connectivity index (χ1n) is 12.2. The first kappa shape index (κ1) is 30.4. The number of aryl methyl sites for hydroxylation is 1. The minimum absolute atomic E-state index is 0.0616. The van der Waals surface area contributed by atoms with Crippen molar-refractivity contribution in [2.45, 2.75) is 23.8 Å². The summed E-state index contributed by atoms with van der Waals surface area (Å²) in [7, 11) is -3.08. The van der Waals surface area contributed by atoms with Crippen LogP contribution in [0.2, 0.25) is 0 Å². The van der Waals surface area contributed by atoms with E-state index in [2.05, 4.69) is 37.2 Å². The van der Waals surface area contributed by atoms with Crippen LogP contribution in [0, 0.1) is 22.9 Å². The molecule has 4 aromatic rings. The van der Waals surface area contributed by atoms with E-state index in [0.717, 1.165) is 10.0 Å². The van der Waals surface area contributed by atoms with E-state index in [9.17, 15) is 27.7 Å². The van der Waals surface area contributed by atoms with Crippen LogP contribution in [0.25, 0.3) is 0 Å². The van der Waals surface area contributed by atoms with Gasteiger partial charge in [-0.3, -0.25) is 14.9 Å². The van der Waals surface area contributed by atoms with Crippen LogP contribution in [-0.4, -0.2) is 30.6 Å². The molecular weight excluding hydrogens is 681 g/mol. The Labute approximate surface area is 253 Å². The molecule has 0 radical (unpaired) electrons. The van der Waals surface area contributed by atoms with Crippen molar-refractivity contribution in [3.8, 4) is 0 Å². The van der Waals surface area contributed by atoms with Gasteiger partial charge in [-0.05, 0) is 92.4 Å². The van der Waals surface area contributed by atoms with Crippen molar-refractivity contribution in [3.05, 3.63) is 133 Å². The second kappa shape index (κ2) is 12.5. The van der Waals surface area contributed by atoms with Gasteiger partial charge in [0.15, 0.2) is 0 Å². The lowest BCUT2D eigenvalue weighted by Gasteiger charge is -2.32. The summed E-state index contributed by atoms with van der Waals surface area (Å²) in [5.74, 6) is -2.51. The summed E-state index contributed by atoms with van der Waals surface area (Å²) in [4.78, 5) is 24.9. The molecule has 0 aliphatic rings. The normalized spacial score (nSPS) is 12.8.